The molecular weight excluding hydrogens is 272 g/mol. The molecule has 0 spiro atoms. The molecule has 134 valence electrons. The van der Waals surface area contributed by atoms with E-state index in [1.807, 2.05) is 0 Å². The van der Waals surface area contributed by atoms with Crippen LogP contribution in [0, 0.1) is 0 Å². The van der Waals surface area contributed by atoms with Gasteiger partial charge in [-0.15, -0.1) is 0 Å². The number of unbranched alkanes of at least 4 members (excludes halogenated alkanes) is 11. The van der Waals surface area contributed by atoms with Crippen LogP contribution in [0.4, 0.5) is 0 Å². The minimum Gasteiger partial charge on any atom is -0.393 e. The molecule has 2 atom stereocenters. The standard InChI is InChI=1S/C20H42O2/c1-3-19(21)17-15-13-11-9-7-5-6-8-10-12-14-16-18-20(22)4-2/h19-22H,3-18H2,1-2H3. The van der Waals surface area contributed by atoms with Crippen molar-refractivity contribution in [2.45, 2.75) is 129 Å². The van der Waals surface area contributed by atoms with Gasteiger partial charge in [0.1, 0.15) is 0 Å². The number of rotatable bonds is 17. The van der Waals surface area contributed by atoms with E-state index in [9.17, 15) is 10.2 Å². The molecule has 2 N–H and O–H groups in total. The maximum atomic E-state index is 9.46. The van der Waals surface area contributed by atoms with Crippen molar-refractivity contribution in [1.82, 2.24) is 0 Å². The second kappa shape index (κ2) is 17.3. The average molecular weight is 315 g/mol. The molecule has 0 aliphatic heterocycles. The Bertz CT molecular complexity index is 184. The lowest BCUT2D eigenvalue weighted by atomic mass is 10.0. The van der Waals surface area contributed by atoms with Crippen molar-refractivity contribution in [3.8, 4) is 0 Å². The van der Waals surface area contributed by atoms with Crippen molar-refractivity contribution in [3.05, 3.63) is 0 Å². The molecule has 0 saturated carbocycles. The number of aliphatic hydroxyl groups excluding tert-OH is 2. The van der Waals surface area contributed by atoms with Gasteiger partial charge in [0, 0.05) is 0 Å². The van der Waals surface area contributed by atoms with E-state index < -0.39 is 0 Å². The maximum Gasteiger partial charge on any atom is 0.0537 e. The molecule has 2 unspecified atom stereocenters. The Morgan fingerprint density at radius 2 is 0.682 bits per heavy atom. The summed E-state index contributed by atoms with van der Waals surface area (Å²) in [5.41, 5.74) is 0. The molecule has 0 saturated heterocycles. The minimum absolute atomic E-state index is 0.0646. The van der Waals surface area contributed by atoms with Gasteiger partial charge < -0.3 is 10.2 Å². The second-order valence-corrected chi connectivity index (χ2v) is 6.94. The van der Waals surface area contributed by atoms with Gasteiger partial charge in [0.25, 0.3) is 0 Å². The topological polar surface area (TPSA) is 40.5 Å². The van der Waals surface area contributed by atoms with E-state index in [-0.39, 0.29) is 12.2 Å². The van der Waals surface area contributed by atoms with Crippen LogP contribution in [0.1, 0.15) is 117 Å². The quantitative estimate of drug-likeness (QED) is 0.324. The van der Waals surface area contributed by atoms with E-state index in [2.05, 4.69) is 13.8 Å². The SMILES string of the molecule is CCC(O)CCCCCCCCCCCCCCC(O)CC. The van der Waals surface area contributed by atoms with Crippen LogP contribution in [0.5, 0.6) is 0 Å². The van der Waals surface area contributed by atoms with E-state index >= 15 is 0 Å². The first kappa shape index (κ1) is 21.9. The third kappa shape index (κ3) is 16.3. The predicted molar refractivity (Wildman–Crippen MR) is 97.2 cm³/mol. The van der Waals surface area contributed by atoms with E-state index in [1.165, 1.54) is 77.0 Å². The van der Waals surface area contributed by atoms with Gasteiger partial charge >= 0.3 is 0 Å². The van der Waals surface area contributed by atoms with Crippen LogP contribution in [0.3, 0.4) is 0 Å². The number of hydrogen-bond acceptors (Lipinski definition) is 2. The van der Waals surface area contributed by atoms with Gasteiger partial charge in [-0.2, -0.15) is 0 Å². The summed E-state index contributed by atoms with van der Waals surface area (Å²) in [6.07, 6.45) is 19.6. The number of aliphatic hydroxyl groups is 2. The summed E-state index contributed by atoms with van der Waals surface area (Å²) in [6.45, 7) is 4.11. The molecule has 0 bridgehead atoms. The molecule has 0 heterocycles. The number of hydrogen-bond donors (Lipinski definition) is 2. The van der Waals surface area contributed by atoms with E-state index in [0.717, 1.165) is 25.7 Å². The Kier molecular flexibility index (Phi) is 17.2. The van der Waals surface area contributed by atoms with Gasteiger partial charge in [0.15, 0.2) is 0 Å². The fourth-order valence-corrected chi connectivity index (χ4v) is 2.94. The average Bonchev–Trinajstić information content (AvgIpc) is 2.54. The van der Waals surface area contributed by atoms with Gasteiger partial charge in [-0.05, 0) is 25.7 Å². The van der Waals surface area contributed by atoms with Crippen LogP contribution < -0.4 is 0 Å². The van der Waals surface area contributed by atoms with Crippen molar-refractivity contribution in [1.29, 1.82) is 0 Å². The van der Waals surface area contributed by atoms with E-state index in [1.54, 1.807) is 0 Å². The Morgan fingerprint density at radius 1 is 0.455 bits per heavy atom. The van der Waals surface area contributed by atoms with Crippen LogP contribution >= 0.6 is 0 Å². The first-order chi connectivity index (χ1) is 10.7. The summed E-state index contributed by atoms with van der Waals surface area (Å²) in [5.74, 6) is 0. The van der Waals surface area contributed by atoms with Crippen molar-refractivity contribution in [3.63, 3.8) is 0 Å². The third-order valence-electron chi connectivity index (χ3n) is 4.77. The molecule has 0 aromatic rings. The Hall–Kier alpha value is -0.0800. The summed E-state index contributed by atoms with van der Waals surface area (Å²) >= 11 is 0. The lowest BCUT2D eigenvalue weighted by Crippen LogP contribution is -2.03. The highest BCUT2D eigenvalue weighted by atomic mass is 16.3. The summed E-state index contributed by atoms with van der Waals surface area (Å²) < 4.78 is 0. The lowest BCUT2D eigenvalue weighted by molar-refractivity contribution is 0.156. The predicted octanol–water partition coefficient (Wildman–Crippen LogP) is 5.99. The third-order valence-corrected chi connectivity index (χ3v) is 4.77. The first-order valence-corrected chi connectivity index (χ1v) is 10.1. The normalized spacial score (nSPS) is 14.2. The molecule has 0 amide bonds. The molecule has 0 fully saturated rings. The highest BCUT2D eigenvalue weighted by Gasteiger charge is 2.00. The molecule has 0 aromatic carbocycles. The summed E-state index contributed by atoms with van der Waals surface area (Å²) in [7, 11) is 0. The second-order valence-electron chi connectivity index (χ2n) is 6.94. The monoisotopic (exact) mass is 314 g/mol. The van der Waals surface area contributed by atoms with E-state index in [4.69, 9.17) is 0 Å². The molecule has 0 aliphatic carbocycles. The van der Waals surface area contributed by atoms with Gasteiger partial charge in [-0.25, -0.2) is 0 Å². The highest BCUT2D eigenvalue weighted by molar-refractivity contribution is 4.55. The van der Waals surface area contributed by atoms with Gasteiger partial charge in [-0.1, -0.05) is 90.9 Å². The van der Waals surface area contributed by atoms with Crippen molar-refractivity contribution >= 4 is 0 Å². The van der Waals surface area contributed by atoms with E-state index in [0.29, 0.717) is 0 Å². The lowest BCUT2D eigenvalue weighted by Gasteiger charge is -2.07. The molecule has 2 nitrogen and oxygen atoms in total. The van der Waals surface area contributed by atoms with Crippen molar-refractivity contribution in [2.75, 3.05) is 0 Å². The first-order valence-electron chi connectivity index (χ1n) is 10.1. The molecular formula is C20H42O2. The molecule has 2 heteroatoms. The molecule has 22 heavy (non-hydrogen) atoms. The van der Waals surface area contributed by atoms with Crippen LogP contribution in [-0.2, 0) is 0 Å². The van der Waals surface area contributed by atoms with Crippen molar-refractivity contribution in [2.24, 2.45) is 0 Å². The largest absolute Gasteiger partial charge is 0.393 e. The van der Waals surface area contributed by atoms with Crippen LogP contribution in [-0.4, -0.2) is 22.4 Å². The molecule has 0 aromatic heterocycles. The zero-order chi connectivity index (χ0) is 16.5. The smallest absolute Gasteiger partial charge is 0.0537 e. The summed E-state index contributed by atoms with van der Waals surface area (Å²) in [6, 6.07) is 0. The molecule has 0 rings (SSSR count). The fourth-order valence-electron chi connectivity index (χ4n) is 2.94. The minimum atomic E-state index is -0.0646. The van der Waals surface area contributed by atoms with Crippen molar-refractivity contribution < 1.29 is 10.2 Å². The van der Waals surface area contributed by atoms with Crippen LogP contribution in [0.25, 0.3) is 0 Å². The zero-order valence-electron chi connectivity index (χ0n) is 15.4. The summed E-state index contributed by atoms with van der Waals surface area (Å²) in [4.78, 5) is 0. The van der Waals surface area contributed by atoms with Gasteiger partial charge in [-0.3, -0.25) is 0 Å². The fraction of sp³-hybridized carbons (Fsp3) is 1.00. The Morgan fingerprint density at radius 3 is 0.909 bits per heavy atom. The van der Waals surface area contributed by atoms with Crippen LogP contribution in [0.15, 0.2) is 0 Å². The zero-order valence-corrected chi connectivity index (χ0v) is 15.4. The maximum absolute atomic E-state index is 9.46. The Labute approximate surface area is 139 Å². The Balaban J connectivity index is 3.03. The summed E-state index contributed by atoms with van der Waals surface area (Å²) in [5, 5.41) is 18.9. The molecule has 0 radical (unpaired) electrons. The van der Waals surface area contributed by atoms with Crippen LogP contribution in [0.2, 0.25) is 0 Å². The van der Waals surface area contributed by atoms with Gasteiger partial charge in [0.05, 0.1) is 12.2 Å². The highest BCUT2D eigenvalue weighted by Crippen LogP contribution is 2.14. The molecule has 0 aliphatic rings. The van der Waals surface area contributed by atoms with Gasteiger partial charge in [0.2, 0.25) is 0 Å².